The lowest BCUT2D eigenvalue weighted by Crippen LogP contribution is -2.65. The zero-order chi connectivity index (χ0) is 16.8. The molecule has 25 heavy (non-hydrogen) atoms. The number of piperidine rings is 1. The fourth-order valence-corrected chi connectivity index (χ4v) is 6.19. The number of ether oxygens (including phenoxy) is 1. The van der Waals surface area contributed by atoms with Crippen molar-refractivity contribution in [1.29, 1.82) is 0 Å². The van der Waals surface area contributed by atoms with Gasteiger partial charge in [-0.25, -0.2) is 0 Å². The Morgan fingerprint density at radius 3 is 3.12 bits per heavy atom. The largest absolute Gasteiger partial charge is 0.481 e. The van der Waals surface area contributed by atoms with Crippen molar-refractivity contribution in [2.75, 3.05) is 6.54 Å². The Labute approximate surface area is 146 Å². The van der Waals surface area contributed by atoms with Crippen molar-refractivity contribution in [3.63, 3.8) is 0 Å². The van der Waals surface area contributed by atoms with Crippen molar-refractivity contribution in [3.05, 3.63) is 41.3 Å². The van der Waals surface area contributed by atoms with Gasteiger partial charge in [-0.1, -0.05) is 0 Å². The maximum atomic E-state index is 12.8. The van der Waals surface area contributed by atoms with Crippen LogP contribution >= 0.6 is 0 Å². The van der Waals surface area contributed by atoms with Crippen LogP contribution in [0.15, 0.2) is 29.1 Å². The van der Waals surface area contributed by atoms with E-state index in [1.807, 2.05) is 12.3 Å². The number of ketones is 1. The molecule has 1 aromatic heterocycles. The summed E-state index contributed by atoms with van der Waals surface area (Å²) in [6, 6.07) is 4.69. The molecule has 2 aliphatic heterocycles. The van der Waals surface area contributed by atoms with Crippen LogP contribution in [0.1, 0.15) is 36.0 Å². The van der Waals surface area contributed by atoms with E-state index >= 15 is 0 Å². The molecule has 4 heteroatoms. The number of hydrogen-bond acceptors (Lipinski definition) is 4. The second-order valence-corrected chi connectivity index (χ2v) is 8.10. The predicted molar refractivity (Wildman–Crippen MR) is 92.8 cm³/mol. The molecule has 1 saturated carbocycles. The van der Waals surface area contributed by atoms with E-state index in [9.17, 15) is 4.79 Å². The Balaban J connectivity index is 1.69. The molecule has 3 heterocycles. The summed E-state index contributed by atoms with van der Waals surface area (Å²) in [6.45, 7) is 3.09. The molecule has 4 aliphatic rings. The topological polar surface area (TPSA) is 51.5 Å². The molecule has 4 atom stereocenters. The van der Waals surface area contributed by atoms with Crippen LogP contribution < -0.4 is 10.1 Å². The number of aryl methyl sites for hydroxylation is 1. The summed E-state index contributed by atoms with van der Waals surface area (Å²) in [6.07, 6.45) is 6.94. The molecule has 6 rings (SSSR count). The Morgan fingerprint density at radius 1 is 1.36 bits per heavy atom. The maximum absolute atomic E-state index is 12.8. The molecule has 1 N–H and O–H groups in total. The summed E-state index contributed by atoms with van der Waals surface area (Å²) in [5.74, 6) is 1.80. The molecule has 2 aromatic rings. The predicted octanol–water partition coefficient (Wildman–Crippen LogP) is 3.15. The quantitative estimate of drug-likeness (QED) is 0.870. The number of Topliss-reactive ketones (excluding diaryl/α,β-unsaturated/α-hetero) is 1. The van der Waals surface area contributed by atoms with E-state index in [4.69, 9.17) is 9.15 Å². The minimum atomic E-state index is -0.275. The fourth-order valence-electron chi connectivity index (χ4n) is 6.19. The third-order valence-electron chi connectivity index (χ3n) is 7.08. The van der Waals surface area contributed by atoms with Gasteiger partial charge in [0.05, 0.1) is 12.5 Å². The van der Waals surface area contributed by atoms with Crippen LogP contribution in [-0.4, -0.2) is 24.5 Å². The lowest BCUT2D eigenvalue weighted by molar-refractivity contribution is -0.135. The molecular formula is C21H21NO3. The standard InChI is InChI=1S/C21H21NO3/c1-11-8-13(12-4-7-24-10-12)14-9-16-15-2-3-17(23)20-21(15,5-6-22-16)18(14)19(11)25-20/h4,7-8,10,15-16,20,22H,2-3,5-6,9H2,1H3. The summed E-state index contributed by atoms with van der Waals surface area (Å²) < 4.78 is 11.7. The molecule has 1 saturated heterocycles. The summed E-state index contributed by atoms with van der Waals surface area (Å²) in [7, 11) is 0. The maximum Gasteiger partial charge on any atom is 0.174 e. The molecule has 128 valence electrons. The van der Waals surface area contributed by atoms with Gasteiger partial charge in [-0.15, -0.1) is 0 Å². The van der Waals surface area contributed by atoms with Gasteiger partial charge in [0.1, 0.15) is 5.75 Å². The van der Waals surface area contributed by atoms with Crippen molar-refractivity contribution >= 4 is 5.78 Å². The highest BCUT2D eigenvalue weighted by Gasteiger charge is 2.64. The molecule has 0 amide bonds. The van der Waals surface area contributed by atoms with Crippen LogP contribution in [0.3, 0.4) is 0 Å². The number of rotatable bonds is 1. The van der Waals surface area contributed by atoms with Gasteiger partial charge in [-0.05, 0) is 67.5 Å². The first-order valence-electron chi connectivity index (χ1n) is 9.32. The summed E-state index contributed by atoms with van der Waals surface area (Å²) in [4.78, 5) is 12.8. The summed E-state index contributed by atoms with van der Waals surface area (Å²) >= 11 is 0. The average Bonchev–Trinajstić information content (AvgIpc) is 3.23. The number of carbonyl (C=O) groups excluding carboxylic acids is 1. The Bertz CT molecular complexity index is 900. The molecule has 4 unspecified atom stereocenters. The first-order valence-corrected chi connectivity index (χ1v) is 9.32. The minimum absolute atomic E-state index is 0.112. The van der Waals surface area contributed by atoms with Crippen LogP contribution in [0, 0.1) is 12.8 Å². The zero-order valence-electron chi connectivity index (χ0n) is 14.3. The third-order valence-corrected chi connectivity index (χ3v) is 7.08. The van der Waals surface area contributed by atoms with Gasteiger partial charge in [0.2, 0.25) is 0 Å². The highest BCUT2D eigenvalue weighted by atomic mass is 16.5. The van der Waals surface area contributed by atoms with E-state index in [1.165, 1.54) is 16.7 Å². The molecule has 1 aromatic carbocycles. The van der Waals surface area contributed by atoms with Gasteiger partial charge < -0.3 is 14.5 Å². The van der Waals surface area contributed by atoms with E-state index in [-0.39, 0.29) is 11.5 Å². The lowest BCUT2D eigenvalue weighted by atomic mass is 9.51. The number of carbonyl (C=O) groups is 1. The van der Waals surface area contributed by atoms with Gasteiger partial charge >= 0.3 is 0 Å². The Kier molecular flexibility index (Phi) is 2.58. The van der Waals surface area contributed by atoms with Crippen LogP contribution in [0.4, 0.5) is 0 Å². The second-order valence-electron chi connectivity index (χ2n) is 8.10. The van der Waals surface area contributed by atoms with E-state index in [2.05, 4.69) is 18.3 Å². The molecule has 2 fully saturated rings. The van der Waals surface area contributed by atoms with Crippen molar-refractivity contribution in [1.82, 2.24) is 5.32 Å². The molecular weight excluding hydrogens is 314 g/mol. The van der Waals surface area contributed by atoms with Gasteiger partial charge in [-0.2, -0.15) is 0 Å². The van der Waals surface area contributed by atoms with E-state index in [1.54, 1.807) is 6.26 Å². The number of hydrogen-bond donors (Lipinski definition) is 1. The number of benzene rings is 1. The van der Waals surface area contributed by atoms with Gasteiger partial charge in [-0.3, -0.25) is 4.79 Å². The highest BCUT2D eigenvalue weighted by Crippen LogP contribution is 2.62. The monoisotopic (exact) mass is 335 g/mol. The normalized spacial score (nSPS) is 34.6. The first kappa shape index (κ1) is 14.1. The molecule has 2 aliphatic carbocycles. The zero-order valence-corrected chi connectivity index (χ0v) is 14.3. The minimum Gasteiger partial charge on any atom is -0.481 e. The number of nitrogens with one attached hydrogen (secondary N) is 1. The smallest absolute Gasteiger partial charge is 0.174 e. The molecule has 0 radical (unpaired) electrons. The molecule has 1 spiro atoms. The van der Waals surface area contributed by atoms with Gasteiger partial charge in [0, 0.05) is 29.0 Å². The van der Waals surface area contributed by atoms with Crippen molar-refractivity contribution in [2.24, 2.45) is 5.92 Å². The summed E-state index contributed by atoms with van der Waals surface area (Å²) in [5.41, 5.74) is 6.12. The van der Waals surface area contributed by atoms with E-state index < -0.39 is 0 Å². The Hall–Kier alpha value is -2.07. The van der Waals surface area contributed by atoms with Crippen LogP contribution in [0.5, 0.6) is 5.75 Å². The summed E-state index contributed by atoms with van der Waals surface area (Å²) in [5, 5.41) is 3.74. The van der Waals surface area contributed by atoms with Gasteiger partial charge in [0.25, 0.3) is 0 Å². The SMILES string of the molecule is Cc1cc(-c2ccoc2)c2c3c1OC1C(=O)CCC4C(C2)NCCC314. The van der Waals surface area contributed by atoms with E-state index in [0.29, 0.717) is 24.2 Å². The van der Waals surface area contributed by atoms with Crippen LogP contribution in [-0.2, 0) is 16.6 Å². The average molecular weight is 335 g/mol. The van der Waals surface area contributed by atoms with Crippen molar-refractivity contribution in [3.8, 4) is 16.9 Å². The van der Waals surface area contributed by atoms with E-state index in [0.717, 1.165) is 42.7 Å². The van der Waals surface area contributed by atoms with Crippen molar-refractivity contribution in [2.45, 2.75) is 50.2 Å². The van der Waals surface area contributed by atoms with Crippen molar-refractivity contribution < 1.29 is 13.9 Å². The Morgan fingerprint density at radius 2 is 2.28 bits per heavy atom. The van der Waals surface area contributed by atoms with Crippen LogP contribution in [0.2, 0.25) is 0 Å². The second kappa shape index (κ2) is 4.55. The third kappa shape index (κ3) is 1.55. The molecule has 2 bridgehead atoms. The first-order chi connectivity index (χ1) is 12.2. The lowest BCUT2D eigenvalue weighted by Gasteiger charge is -2.54. The van der Waals surface area contributed by atoms with Gasteiger partial charge in [0.15, 0.2) is 11.9 Å². The highest BCUT2D eigenvalue weighted by molar-refractivity contribution is 5.90. The number of furan rings is 1. The fraction of sp³-hybridized carbons (Fsp3) is 0.476. The molecule has 4 nitrogen and oxygen atoms in total. The van der Waals surface area contributed by atoms with Crippen LogP contribution in [0.25, 0.3) is 11.1 Å².